The molecule has 1 atom stereocenters. The molecule has 1 aromatic rings. The minimum Gasteiger partial charge on any atom is -0.496 e. The number of carbonyl (C=O) groups excluding carboxylic acids is 1. The van der Waals surface area contributed by atoms with Crippen LogP contribution in [0.3, 0.4) is 0 Å². The third kappa shape index (κ3) is 3.39. The van der Waals surface area contributed by atoms with Gasteiger partial charge in [-0.25, -0.2) is 0 Å². The van der Waals surface area contributed by atoms with E-state index in [2.05, 4.69) is 0 Å². The SMILES string of the molecule is COc1ccc(Cl)cc1C(=O)N1CCCOC(C)C1. The minimum absolute atomic E-state index is 0.0524. The Morgan fingerprint density at radius 2 is 2.32 bits per heavy atom. The van der Waals surface area contributed by atoms with Crippen LogP contribution in [0.15, 0.2) is 18.2 Å². The fourth-order valence-electron chi connectivity index (χ4n) is 2.20. The average molecular weight is 284 g/mol. The highest BCUT2D eigenvalue weighted by Crippen LogP contribution is 2.24. The maximum Gasteiger partial charge on any atom is 0.257 e. The third-order valence-corrected chi connectivity index (χ3v) is 3.37. The van der Waals surface area contributed by atoms with Crippen LogP contribution in [-0.2, 0) is 4.74 Å². The van der Waals surface area contributed by atoms with Gasteiger partial charge < -0.3 is 14.4 Å². The van der Waals surface area contributed by atoms with Gasteiger partial charge in [-0.3, -0.25) is 4.79 Å². The Hall–Kier alpha value is -1.26. The molecular formula is C14H18ClNO3. The van der Waals surface area contributed by atoms with Crippen LogP contribution in [0.1, 0.15) is 23.7 Å². The lowest BCUT2D eigenvalue weighted by atomic mass is 10.1. The second kappa shape index (κ2) is 6.26. The van der Waals surface area contributed by atoms with Crippen LogP contribution in [0.4, 0.5) is 0 Å². The summed E-state index contributed by atoms with van der Waals surface area (Å²) < 4.78 is 10.8. The molecule has 0 N–H and O–H groups in total. The van der Waals surface area contributed by atoms with Crippen molar-refractivity contribution >= 4 is 17.5 Å². The molecule has 0 saturated carbocycles. The van der Waals surface area contributed by atoms with Gasteiger partial charge in [0, 0.05) is 24.7 Å². The van der Waals surface area contributed by atoms with Crippen LogP contribution < -0.4 is 4.74 Å². The van der Waals surface area contributed by atoms with Crippen LogP contribution in [0, 0.1) is 0 Å². The molecule has 104 valence electrons. The van der Waals surface area contributed by atoms with Gasteiger partial charge in [-0.2, -0.15) is 0 Å². The predicted molar refractivity (Wildman–Crippen MR) is 73.9 cm³/mol. The summed E-state index contributed by atoms with van der Waals surface area (Å²) in [5, 5.41) is 0.531. The number of halogens is 1. The van der Waals surface area contributed by atoms with Crippen molar-refractivity contribution in [1.82, 2.24) is 4.90 Å². The third-order valence-electron chi connectivity index (χ3n) is 3.13. The monoisotopic (exact) mass is 283 g/mol. The Kier molecular flexibility index (Phi) is 4.66. The molecular weight excluding hydrogens is 266 g/mol. The van der Waals surface area contributed by atoms with E-state index in [4.69, 9.17) is 21.1 Å². The number of hydrogen-bond donors (Lipinski definition) is 0. The molecule has 0 bridgehead atoms. The second-order valence-electron chi connectivity index (χ2n) is 4.63. The maximum atomic E-state index is 12.6. The molecule has 1 heterocycles. The standard InChI is InChI=1S/C14H18ClNO3/c1-10-9-16(6-3-7-19-10)14(17)12-8-11(15)4-5-13(12)18-2/h4-5,8,10H,3,6-7,9H2,1-2H3. The first-order valence-corrected chi connectivity index (χ1v) is 6.74. The molecule has 19 heavy (non-hydrogen) atoms. The average Bonchev–Trinajstić information content (AvgIpc) is 2.62. The number of benzene rings is 1. The van der Waals surface area contributed by atoms with Gasteiger partial charge in [0.05, 0.1) is 18.8 Å². The lowest BCUT2D eigenvalue weighted by Crippen LogP contribution is -2.36. The number of nitrogens with zero attached hydrogens (tertiary/aromatic N) is 1. The molecule has 1 fully saturated rings. The van der Waals surface area contributed by atoms with Crippen LogP contribution in [0.2, 0.25) is 5.02 Å². The van der Waals surface area contributed by atoms with E-state index in [9.17, 15) is 4.79 Å². The molecule has 1 aliphatic rings. The van der Waals surface area contributed by atoms with Crippen LogP contribution in [0.25, 0.3) is 0 Å². The molecule has 1 unspecified atom stereocenters. The fourth-order valence-corrected chi connectivity index (χ4v) is 2.37. The molecule has 0 aromatic heterocycles. The number of methoxy groups -OCH3 is 1. The molecule has 5 heteroatoms. The molecule has 1 aliphatic heterocycles. The van der Waals surface area contributed by atoms with E-state index in [1.807, 2.05) is 6.92 Å². The van der Waals surface area contributed by atoms with Gasteiger partial charge in [0.2, 0.25) is 0 Å². The normalized spacial score (nSPS) is 19.9. The Morgan fingerprint density at radius 3 is 3.05 bits per heavy atom. The first-order chi connectivity index (χ1) is 9.11. The molecule has 0 aliphatic carbocycles. The van der Waals surface area contributed by atoms with E-state index in [1.54, 1.807) is 30.2 Å². The van der Waals surface area contributed by atoms with Crippen molar-refractivity contribution in [2.24, 2.45) is 0 Å². The van der Waals surface area contributed by atoms with Gasteiger partial charge in [0.1, 0.15) is 5.75 Å². The summed E-state index contributed by atoms with van der Waals surface area (Å²) in [5.41, 5.74) is 0.504. The number of rotatable bonds is 2. The first-order valence-electron chi connectivity index (χ1n) is 6.36. The summed E-state index contributed by atoms with van der Waals surface area (Å²) in [4.78, 5) is 14.4. The van der Waals surface area contributed by atoms with Gasteiger partial charge >= 0.3 is 0 Å². The number of hydrogen-bond acceptors (Lipinski definition) is 3. The zero-order valence-electron chi connectivity index (χ0n) is 11.2. The number of carbonyl (C=O) groups is 1. The van der Waals surface area contributed by atoms with E-state index in [-0.39, 0.29) is 12.0 Å². The Morgan fingerprint density at radius 1 is 1.53 bits per heavy atom. The summed E-state index contributed by atoms with van der Waals surface area (Å²) in [7, 11) is 1.55. The van der Waals surface area contributed by atoms with Gasteiger partial charge in [-0.15, -0.1) is 0 Å². The first kappa shape index (κ1) is 14.2. The van der Waals surface area contributed by atoms with Gasteiger partial charge in [0.15, 0.2) is 0 Å². The summed E-state index contributed by atoms with van der Waals surface area (Å²) in [6.45, 7) is 3.95. The van der Waals surface area contributed by atoms with E-state index >= 15 is 0 Å². The van der Waals surface area contributed by atoms with Gasteiger partial charge in [0.25, 0.3) is 5.91 Å². The summed E-state index contributed by atoms with van der Waals surface area (Å²) in [6, 6.07) is 5.08. The fraction of sp³-hybridized carbons (Fsp3) is 0.500. The molecule has 1 aromatic carbocycles. The van der Waals surface area contributed by atoms with Crippen molar-refractivity contribution in [3.05, 3.63) is 28.8 Å². The van der Waals surface area contributed by atoms with Crippen molar-refractivity contribution in [2.75, 3.05) is 26.8 Å². The van der Waals surface area contributed by atoms with Crippen molar-refractivity contribution in [1.29, 1.82) is 0 Å². The van der Waals surface area contributed by atoms with Crippen molar-refractivity contribution in [2.45, 2.75) is 19.4 Å². The molecule has 0 radical (unpaired) electrons. The highest BCUT2D eigenvalue weighted by Gasteiger charge is 2.23. The summed E-state index contributed by atoms with van der Waals surface area (Å²) in [6.07, 6.45) is 0.899. The summed E-state index contributed by atoms with van der Waals surface area (Å²) >= 11 is 5.97. The topological polar surface area (TPSA) is 38.8 Å². The quantitative estimate of drug-likeness (QED) is 0.837. The zero-order valence-corrected chi connectivity index (χ0v) is 11.9. The van der Waals surface area contributed by atoms with Gasteiger partial charge in [-0.05, 0) is 31.5 Å². The second-order valence-corrected chi connectivity index (χ2v) is 5.07. The Labute approximate surface area is 118 Å². The molecule has 1 saturated heterocycles. The molecule has 1 amide bonds. The van der Waals surface area contributed by atoms with E-state index in [1.165, 1.54) is 0 Å². The smallest absolute Gasteiger partial charge is 0.257 e. The number of ether oxygens (including phenoxy) is 2. The Balaban J connectivity index is 2.24. The van der Waals surface area contributed by atoms with Crippen LogP contribution in [0.5, 0.6) is 5.75 Å². The minimum atomic E-state index is -0.0586. The predicted octanol–water partition coefficient (Wildman–Crippen LogP) is 2.60. The largest absolute Gasteiger partial charge is 0.496 e. The van der Waals surface area contributed by atoms with E-state index in [0.717, 1.165) is 6.42 Å². The zero-order chi connectivity index (χ0) is 13.8. The lowest BCUT2D eigenvalue weighted by molar-refractivity contribution is 0.0561. The lowest BCUT2D eigenvalue weighted by Gasteiger charge is -2.23. The van der Waals surface area contributed by atoms with Crippen LogP contribution in [-0.4, -0.2) is 43.7 Å². The van der Waals surface area contributed by atoms with Crippen molar-refractivity contribution in [3.8, 4) is 5.75 Å². The molecule has 2 rings (SSSR count). The highest BCUT2D eigenvalue weighted by molar-refractivity contribution is 6.31. The number of amides is 1. The summed E-state index contributed by atoms with van der Waals surface area (Å²) in [5.74, 6) is 0.490. The Bertz CT molecular complexity index is 464. The molecule has 4 nitrogen and oxygen atoms in total. The van der Waals surface area contributed by atoms with Gasteiger partial charge in [-0.1, -0.05) is 11.6 Å². The van der Waals surface area contributed by atoms with Crippen LogP contribution >= 0.6 is 11.6 Å². The van der Waals surface area contributed by atoms with E-state index in [0.29, 0.717) is 36.0 Å². The van der Waals surface area contributed by atoms with Crippen molar-refractivity contribution in [3.63, 3.8) is 0 Å². The molecule has 0 spiro atoms. The van der Waals surface area contributed by atoms with E-state index < -0.39 is 0 Å². The highest BCUT2D eigenvalue weighted by atomic mass is 35.5. The van der Waals surface area contributed by atoms with Crippen molar-refractivity contribution < 1.29 is 14.3 Å². The maximum absolute atomic E-state index is 12.6.